The third-order valence-electron chi connectivity index (χ3n) is 4.63. The third kappa shape index (κ3) is 2.17. The average molecular weight is 291 g/mol. The molecule has 0 radical (unpaired) electrons. The van der Waals surface area contributed by atoms with E-state index in [1.807, 2.05) is 0 Å². The van der Waals surface area contributed by atoms with Gasteiger partial charge in [0.05, 0.1) is 11.0 Å². The first-order valence-electron chi connectivity index (χ1n) is 8.04. The molecule has 0 unspecified atom stereocenters. The van der Waals surface area contributed by atoms with Gasteiger partial charge in [-0.1, -0.05) is 12.1 Å². The Bertz CT molecular complexity index is 826. The van der Waals surface area contributed by atoms with Gasteiger partial charge < -0.3 is 9.88 Å². The van der Waals surface area contributed by atoms with Crippen molar-refractivity contribution in [1.82, 2.24) is 9.97 Å². The fourth-order valence-corrected chi connectivity index (χ4v) is 3.43. The summed E-state index contributed by atoms with van der Waals surface area (Å²) in [5.41, 5.74) is 7.25. The van der Waals surface area contributed by atoms with E-state index in [0.717, 1.165) is 22.4 Å². The van der Waals surface area contributed by atoms with Crippen LogP contribution < -0.4 is 4.90 Å². The number of aromatic amines is 1. The van der Waals surface area contributed by atoms with Gasteiger partial charge in [0.15, 0.2) is 0 Å². The normalized spacial score (nSPS) is 14.9. The van der Waals surface area contributed by atoms with Crippen molar-refractivity contribution >= 4 is 16.7 Å². The van der Waals surface area contributed by atoms with Crippen LogP contribution >= 0.6 is 0 Å². The van der Waals surface area contributed by atoms with E-state index in [1.54, 1.807) is 0 Å². The maximum absolute atomic E-state index is 4.78. The molecule has 1 N–H and O–H groups in total. The number of para-hydroxylation sites is 1. The Kier molecular flexibility index (Phi) is 3.14. The zero-order valence-electron chi connectivity index (χ0n) is 13.2. The summed E-state index contributed by atoms with van der Waals surface area (Å²) in [7, 11) is 0. The number of hydrogen-bond donors (Lipinski definition) is 1. The molecular formula is C19H21N3. The second-order valence-corrected chi connectivity index (χ2v) is 6.25. The highest BCUT2D eigenvalue weighted by Gasteiger charge is 2.15. The Hall–Kier alpha value is -2.29. The van der Waals surface area contributed by atoms with Crippen LogP contribution in [0.4, 0.5) is 5.69 Å². The summed E-state index contributed by atoms with van der Waals surface area (Å²) in [5.74, 6) is 0.959. The minimum Gasteiger partial charge on any atom is -0.371 e. The number of hydrogen-bond acceptors (Lipinski definition) is 2. The molecule has 0 bridgehead atoms. The molecular weight excluding hydrogens is 270 g/mol. The van der Waals surface area contributed by atoms with E-state index in [1.165, 1.54) is 42.7 Å². The summed E-state index contributed by atoms with van der Waals surface area (Å²) in [5, 5.41) is 0. The van der Waals surface area contributed by atoms with E-state index < -0.39 is 0 Å². The van der Waals surface area contributed by atoms with Gasteiger partial charge >= 0.3 is 0 Å². The zero-order valence-corrected chi connectivity index (χ0v) is 13.2. The predicted octanol–water partition coefficient (Wildman–Crippen LogP) is 4.45. The molecule has 4 rings (SSSR count). The first-order chi connectivity index (χ1) is 10.7. The number of aryl methyl sites for hydroxylation is 2. The number of nitrogens with one attached hydrogen (secondary N) is 1. The van der Waals surface area contributed by atoms with Gasteiger partial charge in [0.2, 0.25) is 0 Å². The van der Waals surface area contributed by atoms with Crippen LogP contribution in [0.25, 0.3) is 22.4 Å². The van der Waals surface area contributed by atoms with Crippen LogP contribution in [0.1, 0.15) is 24.0 Å². The van der Waals surface area contributed by atoms with Gasteiger partial charge in [-0.05, 0) is 62.1 Å². The lowest BCUT2D eigenvalue weighted by Crippen LogP contribution is -2.18. The summed E-state index contributed by atoms with van der Waals surface area (Å²) in [6.07, 6.45) is 2.62. The van der Waals surface area contributed by atoms with Gasteiger partial charge in [-0.3, -0.25) is 0 Å². The van der Waals surface area contributed by atoms with E-state index in [-0.39, 0.29) is 0 Å². The molecule has 3 nitrogen and oxygen atoms in total. The number of imidazole rings is 1. The van der Waals surface area contributed by atoms with Gasteiger partial charge in [-0.2, -0.15) is 0 Å². The van der Waals surface area contributed by atoms with E-state index in [2.05, 4.69) is 60.1 Å². The molecule has 1 aliphatic rings. The molecule has 3 aromatic rings. The van der Waals surface area contributed by atoms with Gasteiger partial charge in [-0.25, -0.2) is 4.98 Å². The molecule has 0 saturated carbocycles. The van der Waals surface area contributed by atoms with Crippen molar-refractivity contribution < 1.29 is 0 Å². The van der Waals surface area contributed by atoms with Crippen molar-refractivity contribution in [3.63, 3.8) is 0 Å². The topological polar surface area (TPSA) is 31.9 Å². The standard InChI is InChI=1S/C19H21N3/c1-13-6-5-7-16-18(13)21-19(20-16)15-8-9-17(14(2)12-15)22-10-3-4-11-22/h5-9,12H,3-4,10-11H2,1-2H3,(H,20,21). The Labute approximate surface area is 131 Å². The molecule has 1 aromatic heterocycles. The van der Waals surface area contributed by atoms with Crippen molar-refractivity contribution in [3.05, 3.63) is 47.5 Å². The summed E-state index contributed by atoms with van der Waals surface area (Å²) in [4.78, 5) is 10.7. The number of anilines is 1. The molecule has 0 atom stereocenters. The molecule has 2 heterocycles. The van der Waals surface area contributed by atoms with Crippen LogP contribution in [-0.2, 0) is 0 Å². The molecule has 3 heteroatoms. The number of nitrogens with zero attached hydrogens (tertiary/aromatic N) is 2. The maximum Gasteiger partial charge on any atom is 0.138 e. The van der Waals surface area contributed by atoms with Crippen molar-refractivity contribution in [2.75, 3.05) is 18.0 Å². The number of fused-ring (bicyclic) bond motifs is 1. The molecule has 0 amide bonds. The predicted molar refractivity (Wildman–Crippen MR) is 92.5 cm³/mol. The maximum atomic E-state index is 4.78. The number of aromatic nitrogens is 2. The second-order valence-electron chi connectivity index (χ2n) is 6.25. The number of H-pyrrole nitrogens is 1. The van der Waals surface area contributed by atoms with Gasteiger partial charge in [0.1, 0.15) is 5.82 Å². The fraction of sp³-hybridized carbons (Fsp3) is 0.316. The molecule has 1 aliphatic heterocycles. The highest BCUT2D eigenvalue weighted by molar-refractivity contribution is 5.82. The first-order valence-corrected chi connectivity index (χ1v) is 8.04. The molecule has 112 valence electrons. The van der Waals surface area contributed by atoms with Gasteiger partial charge in [0.25, 0.3) is 0 Å². The summed E-state index contributed by atoms with van der Waals surface area (Å²) in [6, 6.07) is 12.9. The number of rotatable bonds is 2. The van der Waals surface area contributed by atoms with E-state index in [4.69, 9.17) is 4.98 Å². The van der Waals surface area contributed by atoms with Crippen LogP contribution in [0.2, 0.25) is 0 Å². The number of benzene rings is 2. The molecule has 0 aliphatic carbocycles. The molecule has 0 spiro atoms. The van der Waals surface area contributed by atoms with Crippen LogP contribution in [0.5, 0.6) is 0 Å². The lowest BCUT2D eigenvalue weighted by molar-refractivity contribution is 0.949. The largest absolute Gasteiger partial charge is 0.371 e. The molecule has 2 aromatic carbocycles. The Morgan fingerprint density at radius 2 is 1.82 bits per heavy atom. The molecule has 1 fully saturated rings. The van der Waals surface area contributed by atoms with Crippen molar-refractivity contribution in [2.45, 2.75) is 26.7 Å². The fourth-order valence-electron chi connectivity index (χ4n) is 3.43. The van der Waals surface area contributed by atoms with E-state index in [0.29, 0.717) is 0 Å². The summed E-state index contributed by atoms with van der Waals surface area (Å²) < 4.78 is 0. The first kappa shape index (κ1) is 13.4. The van der Waals surface area contributed by atoms with Crippen LogP contribution in [0.15, 0.2) is 36.4 Å². The lowest BCUT2D eigenvalue weighted by Gasteiger charge is -2.20. The monoisotopic (exact) mass is 291 g/mol. The minimum absolute atomic E-state index is 0.959. The van der Waals surface area contributed by atoms with E-state index in [9.17, 15) is 0 Å². The van der Waals surface area contributed by atoms with Gasteiger partial charge in [-0.15, -0.1) is 0 Å². The van der Waals surface area contributed by atoms with Crippen molar-refractivity contribution in [1.29, 1.82) is 0 Å². The molecule has 1 saturated heterocycles. The van der Waals surface area contributed by atoms with Crippen LogP contribution in [0, 0.1) is 13.8 Å². The van der Waals surface area contributed by atoms with Gasteiger partial charge in [0, 0.05) is 24.3 Å². The second kappa shape index (κ2) is 5.16. The van der Waals surface area contributed by atoms with Crippen LogP contribution in [0.3, 0.4) is 0 Å². The lowest BCUT2D eigenvalue weighted by atomic mass is 10.1. The Morgan fingerprint density at radius 3 is 2.55 bits per heavy atom. The van der Waals surface area contributed by atoms with Crippen molar-refractivity contribution in [2.24, 2.45) is 0 Å². The summed E-state index contributed by atoms with van der Waals surface area (Å²) in [6.45, 7) is 6.67. The highest BCUT2D eigenvalue weighted by atomic mass is 15.1. The third-order valence-corrected chi connectivity index (χ3v) is 4.63. The molecule has 22 heavy (non-hydrogen) atoms. The Balaban J connectivity index is 1.75. The SMILES string of the molecule is Cc1cc(-c2nc3c(C)cccc3[nH]2)ccc1N1CCCC1. The zero-order chi connectivity index (χ0) is 15.1. The van der Waals surface area contributed by atoms with E-state index >= 15 is 0 Å². The summed E-state index contributed by atoms with van der Waals surface area (Å²) >= 11 is 0. The van der Waals surface area contributed by atoms with Crippen LogP contribution in [-0.4, -0.2) is 23.1 Å². The van der Waals surface area contributed by atoms with Crippen molar-refractivity contribution in [3.8, 4) is 11.4 Å². The average Bonchev–Trinajstić information content (AvgIpc) is 3.17. The quantitative estimate of drug-likeness (QED) is 0.756. The smallest absolute Gasteiger partial charge is 0.138 e. The minimum atomic E-state index is 0.959. The highest BCUT2D eigenvalue weighted by Crippen LogP contribution is 2.29. The Morgan fingerprint density at radius 1 is 1.00 bits per heavy atom.